The summed E-state index contributed by atoms with van der Waals surface area (Å²) in [5.74, 6) is -4.11. The van der Waals surface area contributed by atoms with Gasteiger partial charge < -0.3 is 36.7 Å². The molecule has 3 rings (SSSR count). The molecule has 0 aliphatic carbocycles. The van der Waals surface area contributed by atoms with E-state index in [1.807, 2.05) is 0 Å². The number of aromatic amines is 1. The van der Waals surface area contributed by atoms with Gasteiger partial charge in [-0.1, -0.05) is 12.1 Å². The van der Waals surface area contributed by atoms with E-state index in [-0.39, 0.29) is 40.9 Å². The van der Waals surface area contributed by atoms with Crippen LogP contribution < -0.4 is 26.7 Å². The van der Waals surface area contributed by atoms with E-state index in [4.69, 9.17) is 15.9 Å². The summed E-state index contributed by atoms with van der Waals surface area (Å²) in [5, 5.41) is 55.8. The summed E-state index contributed by atoms with van der Waals surface area (Å²) in [4.78, 5) is 48.6. The van der Waals surface area contributed by atoms with Gasteiger partial charge in [0.25, 0.3) is 5.91 Å². The van der Waals surface area contributed by atoms with E-state index in [1.54, 1.807) is 0 Å². The molecule has 0 saturated carbocycles. The Morgan fingerprint density at radius 2 is 1.88 bits per heavy atom. The van der Waals surface area contributed by atoms with E-state index in [2.05, 4.69) is 15.6 Å². The smallest absolute Gasteiger partial charge is 0.326 e. The van der Waals surface area contributed by atoms with Gasteiger partial charge in [-0.2, -0.15) is 0 Å². The number of nitrogens with one attached hydrogen (secondary N) is 3. The second-order valence-corrected chi connectivity index (χ2v) is 7.82. The van der Waals surface area contributed by atoms with Gasteiger partial charge in [0.2, 0.25) is 5.82 Å². The van der Waals surface area contributed by atoms with Crippen LogP contribution >= 0.6 is 0 Å². The number of nitrogens with zero attached hydrogens (tertiary/aromatic N) is 1. The number of aliphatic hydroxyl groups excluding tert-OH is 1. The Kier molecular flexibility index (Phi) is 6.74. The lowest BCUT2D eigenvalue weighted by Crippen LogP contribution is -2.42. The highest BCUT2D eigenvalue weighted by molar-refractivity contribution is 5.96. The zero-order valence-electron chi connectivity index (χ0n) is 17.6. The monoisotopic (exact) mass is 477 g/mol. The van der Waals surface area contributed by atoms with E-state index in [9.17, 15) is 34.6 Å². The van der Waals surface area contributed by atoms with Gasteiger partial charge in [0, 0.05) is 12.0 Å². The van der Waals surface area contributed by atoms with Crippen LogP contribution in [-0.2, 0) is 21.6 Å². The van der Waals surface area contributed by atoms with Gasteiger partial charge in [-0.25, -0.2) is 14.5 Å². The molecule has 0 bridgehead atoms. The van der Waals surface area contributed by atoms with Gasteiger partial charge in [-0.05, 0) is 37.0 Å². The van der Waals surface area contributed by atoms with Crippen molar-refractivity contribution in [3.63, 3.8) is 0 Å². The zero-order chi connectivity index (χ0) is 25.2. The second kappa shape index (κ2) is 9.36. The van der Waals surface area contributed by atoms with E-state index in [1.165, 1.54) is 24.3 Å². The highest BCUT2D eigenvalue weighted by atomic mass is 16.5. The molecule has 1 aromatic carbocycles. The lowest BCUT2D eigenvalue weighted by molar-refractivity contribution is -0.577. The minimum atomic E-state index is -2.09. The van der Waals surface area contributed by atoms with E-state index in [0.29, 0.717) is 5.56 Å². The number of carbonyl (C=O) groups excluding carboxylic acids is 1. The number of fused-ring (bicyclic) bond motifs is 1. The molecule has 1 aromatic heterocycles. The molecule has 0 radical (unpaired) electrons. The Morgan fingerprint density at radius 3 is 2.47 bits per heavy atom. The first-order valence-corrected chi connectivity index (χ1v) is 10.1. The number of hydrogen-bond donors (Lipinski definition) is 8. The molecule has 3 atom stereocenters. The maximum atomic E-state index is 12.3. The summed E-state index contributed by atoms with van der Waals surface area (Å²) in [6.45, 7) is 0. The van der Waals surface area contributed by atoms with Crippen LogP contribution in [0.5, 0.6) is 0 Å². The quantitative estimate of drug-likeness (QED) is 0.148. The highest BCUT2D eigenvalue weighted by Crippen LogP contribution is 2.37. The highest BCUT2D eigenvalue weighted by Gasteiger charge is 2.51. The summed E-state index contributed by atoms with van der Waals surface area (Å²) in [6.07, 6.45) is -2.38. The number of aliphatic carboxylic acids is 2. The summed E-state index contributed by atoms with van der Waals surface area (Å²) in [5.41, 5.74) is 2.88. The third-order valence-corrected chi connectivity index (χ3v) is 5.55. The summed E-state index contributed by atoms with van der Waals surface area (Å²) in [7, 11) is 0. The molecule has 9 N–H and O–H groups in total. The Hall–Kier alpha value is -4.17. The number of benzene rings is 1. The molecule has 0 fully saturated rings. The molecular weight excluding hydrogens is 454 g/mol. The van der Waals surface area contributed by atoms with Crippen LogP contribution in [0.2, 0.25) is 0 Å². The predicted molar refractivity (Wildman–Crippen MR) is 114 cm³/mol. The fourth-order valence-electron chi connectivity index (χ4n) is 3.66. The molecule has 1 aliphatic heterocycles. The first kappa shape index (κ1) is 24.5. The summed E-state index contributed by atoms with van der Waals surface area (Å²) < 4.78 is 0.159. The number of aliphatic hydroxyl groups is 2. The lowest BCUT2D eigenvalue weighted by Gasteiger charge is -2.24. The number of nitrogens with two attached hydrogens (primary N) is 1. The number of rotatable bonds is 9. The molecule has 2 heterocycles. The van der Waals surface area contributed by atoms with Gasteiger partial charge >= 0.3 is 23.4 Å². The van der Waals surface area contributed by atoms with Crippen molar-refractivity contribution in [2.24, 2.45) is 0 Å². The van der Waals surface area contributed by atoms with Crippen LogP contribution in [0, 0.1) is 5.21 Å². The third-order valence-electron chi connectivity index (χ3n) is 5.55. The standard InChI is InChI=1S/C20H23N5O9/c21-19-24-16(29)13-14(25(19)34)23-18(32)20(13,33)8-7-9-1-3-10(4-2-9)15(28)22-11(17(30)31)5-6-12(26)27/h1-4,11,18,23,32-33H,5-8H2,(H,22,28)(H,26,27)(H,30,31)(H3,21,24,29). The molecule has 1 amide bonds. The van der Waals surface area contributed by atoms with Crippen molar-refractivity contribution in [1.82, 2.24) is 10.3 Å². The maximum Gasteiger partial charge on any atom is 0.326 e. The zero-order valence-corrected chi connectivity index (χ0v) is 17.6. The largest absolute Gasteiger partial charge is 0.754 e. The van der Waals surface area contributed by atoms with E-state index in [0.717, 1.165) is 0 Å². The predicted octanol–water partition coefficient (Wildman–Crippen LogP) is -1.80. The van der Waals surface area contributed by atoms with Gasteiger partial charge in [0.05, 0.1) is 0 Å². The number of aryl methyl sites for hydroxylation is 1. The number of anilines is 2. The number of carbonyl (C=O) groups is 3. The molecule has 3 unspecified atom stereocenters. The third kappa shape index (κ3) is 4.77. The molecule has 0 spiro atoms. The minimum Gasteiger partial charge on any atom is -0.754 e. The Labute approximate surface area is 191 Å². The normalized spacial score (nSPS) is 19.6. The molecule has 2 aromatic rings. The summed E-state index contributed by atoms with van der Waals surface area (Å²) >= 11 is 0. The maximum absolute atomic E-state index is 12.3. The number of carboxylic acids is 2. The van der Waals surface area contributed by atoms with Crippen LogP contribution in [0.4, 0.5) is 11.8 Å². The van der Waals surface area contributed by atoms with Crippen molar-refractivity contribution >= 4 is 29.6 Å². The molecule has 34 heavy (non-hydrogen) atoms. The molecule has 14 nitrogen and oxygen atoms in total. The van der Waals surface area contributed by atoms with Crippen LogP contribution in [0.25, 0.3) is 0 Å². The molecule has 1 aliphatic rings. The summed E-state index contributed by atoms with van der Waals surface area (Å²) in [6, 6.07) is 4.50. The first-order chi connectivity index (χ1) is 15.9. The Morgan fingerprint density at radius 1 is 1.24 bits per heavy atom. The number of amides is 1. The van der Waals surface area contributed by atoms with Crippen LogP contribution in [0.1, 0.15) is 40.7 Å². The SMILES string of the molecule is Nc1[nH]c(=O)c2c([n+]1[O-])NC(O)C2(O)CCc1ccc(C(=O)NC(CCC(=O)O)C(=O)O)cc1. The van der Waals surface area contributed by atoms with Crippen LogP contribution in [0.15, 0.2) is 29.1 Å². The molecular formula is C20H23N5O9. The van der Waals surface area contributed by atoms with Crippen LogP contribution in [0.3, 0.4) is 0 Å². The fourth-order valence-corrected chi connectivity index (χ4v) is 3.66. The second-order valence-electron chi connectivity index (χ2n) is 7.82. The Bertz CT molecular complexity index is 1180. The Balaban J connectivity index is 1.70. The molecule has 14 heteroatoms. The average Bonchev–Trinajstić information content (AvgIpc) is 3.04. The van der Waals surface area contributed by atoms with E-state index >= 15 is 0 Å². The number of aromatic nitrogens is 2. The number of hydrogen-bond acceptors (Lipinski definition) is 9. The van der Waals surface area contributed by atoms with Gasteiger partial charge in [0.15, 0.2) is 11.8 Å². The van der Waals surface area contributed by atoms with Crippen LogP contribution in [-0.4, -0.2) is 55.5 Å². The minimum absolute atomic E-state index is 0.122. The lowest BCUT2D eigenvalue weighted by atomic mass is 9.89. The van der Waals surface area contributed by atoms with Crippen molar-refractivity contribution in [3.8, 4) is 0 Å². The number of nitrogen functional groups attached to an aromatic ring is 1. The average molecular weight is 477 g/mol. The van der Waals surface area contributed by atoms with Gasteiger partial charge in [-0.15, -0.1) is 0 Å². The van der Waals surface area contributed by atoms with Crippen molar-refractivity contribution in [1.29, 1.82) is 0 Å². The van der Waals surface area contributed by atoms with E-state index < -0.39 is 53.6 Å². The van der Waals surface area contributed by atoms with Crippen molar-refractivity contribution in [3.05, 3.63) is 56.5 Å². The van der Waals surface area contributed by atoms with Crippen molar-refractivity contribution in [2.45, 2.75) is 43.6 Å². The van der Waals surface area contributed by atoms with Gasteiger partial charge in [0.1, 0.15) is 11.6 Å². The number of H-pyrrole nitrogens is 1. The fraction of sp³-hybridized carbons (Fsp3) is 0.350. The van der Waals surface area contributed by atoms with Gasteiger partial charge in [-0.3, -0.25) is 19.7 Å². The first-order valence-electron chi connectivity index (χ1n) is 10.1. The molecule has 0 saturated heterocycles. The topological polar surface area (TPSA) is 242 Å². The van der Waals surface area contributed by atoms with Crippen molar-refractivity contribution in [2.75, 3.05) is 11.1 Å². The molecule has 182 valence electrons. The number of carboxylic acid groups (broad SMARTS) is 2. The van der Waals surface area contributed by atoms with Crippen molar-refractivity contribution < 1.29 is 39.5 Å².